The summed E-state index contributed by atoms with van der Waals surface area (Å²) in [4.78, 5) is 15.4. The molecule has 112 valence electrons. The number of esters is 1. The topological polar surface area (TPSA) is 64.3 Å². The van der Waals surface area contributed by atoms with Gasteiger partial charge in [0.05, 0.1) is 37.9 Å². The number of carbonyl (C=O) groups excluding carboxylic acids is 1. The first kappa shape index (κ1) is 15.5. The lowest BCUT2D eigenvalue weighted by Gasteiger charge is -2.10. The van der Waals surface area contributed by atoms with Crippen molar-refractivity contribution in [1.29, 1.82) is 0 Å². The molecule has 2 rings (SSSR count). The normalized spacial score (nSPS) is 10.6. The van der Waals surface area contributed by atoms with Crippen molar-refractivity contribution in [1.82, 2.24) is 9.55 Å². The maximum Gasteiger partial charge on any atom is 0.316 e. The summed E-state index contributed by atoms with van der Waals surface area (Å²) in [6.07, 6.45) is 1.54. The molecule has 0 aliphatic heterocycles. The number of halogens is 1. The van der Waals surface area contributed by atoms with E-state index in [0.717, 1.165) is 5.56 Å². The van der Waals surface area contributed by atoms with Gasteiger partial charge in [-0.3, -0.25) is 4.79 Å². The van der Waals surface area contributed by atoms with Gasteiger partial charge in [0.2, 0.25) is 0 Å². The van der Waals surface area contributed by atoms with Crippen molar-refractivity contribution in [2.24, 2.45) is 0 Å². The molecule has 7 heteroatoms. The molecule has 0 atom stereocenters. The molecule has 1 N–H and O–H groups in total. The van der Waals surface area contributed by atoms with Gasteiger partial charge in [-0.2, -0.15) is 0 Å². The van der Waals surface area contributed by atoms with Crippen LogP contribution in [0.25, 0.3) is 0 Å². The fraction of sp³-hybridized carbons (Fsp3) is 0.286. The van der Waals surface area contributed by atoms with Crippen LogP contribution in [0.3, 0.4) is 0 Å². The van der Waals surface area contributed by atoms with Crippen molar-refractivity contribution < 1.29 is 19.0 Å². The maximum atomic E-state index is 13.2. The highest BCUT2D eigenvalue weighted by Gasteiger charge is 2.12. The van der Waals surface area contributed by atoms with Gasteiger partial charge in [-0.15, -0.1) is 0 Å². The number of hydrogen-bond acceptors (Lipinski definition) is 5. The molecule has 2 aromatic rings. The number of methoxy groups -OCH3 is 1. The van der Waals surface area contributed by atoms with Gasteiger partial charge < -0.3 is 14.4 Å². The summed E-state index contributed by atoms with van der Waals surface area (Å²) in [7, 11) is 1.32. The summed E-state index contributed by atoms with van der Waals surface area (Å²) in [5, 5.41) is 9.93. The van der Waals surface area contributed by atoms with Crippen LogP contribution in [0, 0.1) is 5.82 Å². The Morgan fingerprint density at radius 2 is 2.33 bits per heavy atom. The summed E-state index contributed by atoms with van der Waals surface area (Å²) < 4.78 is 19.6. The Labute approximate surface area is 125 Å². The molecule has 1 heterocycles. The molecule has 1 aromatic heterocycles. The zero-order valence-corrected chi connectivity index (χ0v) is 12.3. The molecular formula is C14H15FN2O3S. The molecule has 0 amide bonds. The quantitative estimate of drug-likeness (QED) is 0.651. The van der Waals surface area contributed by atoms with Crippen LogP contribution in [0.1, 0.15) is 11.3 Å². The predicted molar refractivity (Wildman–Crippen MR) is 76.4 cm³/mol. The van der Waals surface area contributed by atoms with E-state index in [1.165, 1.54) is 31.0 Å². The molecule has 0 spiro atoms. The molecule has 0 unspecified atom stereocenters. The van der Waals surface area contributed by atoms with Gasteiger partial charge in [-0.25, -0.2) is 9.37 Å². The molecular weight excluding hydrogens is 295 g/mol. The van der Waals surface area contributed by atoms with E-state index >= 15 is 0 Å². The van der Waals surface area contributed by atoms with E-state index in [0.29, 0.717) is 17.4 Å². The number of ether oxygens (including phenoxy) is 1. The Morgan fingerprint density at radius 3 is 3.00 bits per heavy atom. The monoisotopic (exact) mass is 310 g/mol. The number of hydrogen-bond donors (Lipinski definition) is 1. The fourth-order valence-corrected chi connectivity index (χ4v) is 2.63. The van der Waals surface area contributed by atoms with E-state index in [-0.39, 0.29) is 24.1 Å². The molecule has 0 fully saturated rings. The second-order valence-corrected chi connectivity index (χ2v) is 5.21. The predicted octanol–water partition coefficient (Wildman–Crippen LogP) is 1.83. The fourth-order valence-electron chi connectivity index (χ4n) is 1.80. The second-order valence-electron chi connectivity index (χ2n) is 4.27. The van der Waals surface area contributed by atoms with E-state index in [2.05, 4.69) is 9.72 Å². The highest BCUT2D eigenvalue weighted by Crippen LogP contribution is 2.20. The van der Waals surface area contributed by atoms with Crippen molar-refractivity contribution in [3.63, 3.8) is 0 Å². The molecule has 0 saturated carbocycles. The van der Waals surface area contributed by atoms with E-state index in [9.17, 15) is 14.3 Å². The minimum absolute atomic E-state index is 0.127. The second kappa shape index (κ2) is 7.24. The lowest BCUT2D eigenvalue weighted by molar-refractivity contribution is -0.137. The molecule has 21 heavy (non-hydrogen) atoms. The highest BCUT2D eigenvalue weighted by molar-refractivity contribution is 7.99. The third-order valence-electron chi connectivity index (χ3n) is 2.84. The van der Waals surface area contributed by atoms with Crippen LogP contribution in [-0.2, 0) is 22.7 Å². The van der Waals surface area contributed by atoms with E-state index in [4.69, 9.17) is 0 Å². The van der Waals surface area contributed by atoms with Gasteiger partial charge in [0, 0.05) is 0 Å². The van der Waals surface area contributed by atoms with Crippen molar-refractivity contribution in [3.05, 3.63) is 47.5 Å². The van der Waals surface area contributed by atoms with Gasteiger partial charge >= 0.3 is 5.97 Å². The lowest BCUT2D eigenvalue weighted by atomic mass is 10.2. The van der Waals surface area contributed by atoms with E-state index in [1.807, 2.05) is 0 Å². The van der Waals surface area contributed by atoms with Gasteiger partial charge in [0.15, 0.2) is 5.16 Å². The number of benzene rings is 1. The van der Waals surface area contributed by atoms with E-state index < -0.39 is 0 Å². The molecule has 1 aromatic carbocycles. The summed E-state index contributed by atoms with van der Waals surface area (Å²) in [5.41, 5.74) is 1.36. The molecule has 0 saturated heterocycles. The number of aliphatic hydroxyl groups is 1. The number of thioether (sulfide) groups is 1. The average molecular weight is 310 g/mol. The summed E-state index contributed by atoms with van der Waals surface area (Å²) in [6, 6.07) is 6.22. The first-order chi connectivity index (χ1) is 10.1. The number of rotatable bonds is 6. The van der Waals surface area contributed by atoms with Crippen LogP contribution in [-0.4, -0.2) is 33.5 Å². The first-order valence-corrected chi connectivity index (χ1v) is 7.22. The SMILES string of the molecule is COC(=O)CSc1ncc(CO)n1Cc1cccc(F)c1. The maximum absolute atomic E-state index is 13.2. The highest BCUT2D eigenvalue weighted by atomic mass is 32.2. The van der Waals surface area contributed by atoms with Crippen LogP contribution in [0.15, 0.2) is 35.6 Å². The first-order valence-electron chi connectivity index (χ1n) is 6.23. The Morgan fingerprint density at radius 1 is 1.52 bits per heavy atom. The number of carbonyl (C=O) groups is 1. The molecule has 0 bridgehead atoms. The van der Waals surface area contributed by atoms with Gasteiger partial charge in [-0.1, -0.05) is 23.9 Å². The van der Waals surface area contributed by atoms with E-state index in [1.54, 1.807) is 22.9 Å². The van der Waals surface area contributed by atoms with Crippen molar-refractivity contribution in [3.8, 4) is 0 Å². The van der Waals surface area contributed by atoms with Crippen LogP contribution in [0.5, 0.6) is 0 Å². The Bertz CT molecular complexity index is 630. The smallest absolute Gasteiger partial charge is 0.316 e. The molecule has 0 aliphatic rings. The largest absolute Gasteiger partial charge is 0.468 e. The van der Waals surface area contributed by atoms with Crippen molar-refractivity contribution in [2.45, 2.75) is 18.3 Å². The zero-order chi connectivity index (χ0) is 15.2. The summed E-state index contributed by atoms with van der Waals surface area (Å²) in [6.45, 7) is 0.193. The summed E-state index contributed by atoms with van der Waals surface area (Å²) in [5.74, 6) is -0.547. The zero-order valence-electron chi connectivity index (χ0n) is 11.5. The molecule has 5 nitrogen and oxygen atoms in total. The third-order valence-corrected chi connectivity index (χ3v) is 3.80. The average Bonchev–Trinajstić information content (AvgIpc) is 2.86. The Balaban J connectivity index is 2.20. The van der Waals surface area contributed by atoms with Gasteiger partial charge in [-0.05, 0) is 17.7 Å². The van der Waals surface area contributed by atoms with Crippen LogP contribution in [0.2, 0.25) is 0 Å². The minimum atomic E-state index is -0.356. The van der Waals surface area contributed by atoms with Gasteiger partial charge in [0.1, 0.15) is 5.82 Å². The van der Waals surface area contributed by atoms with Gasteiger partial charge in [0.25, 0.3) is 0 Å². The Kier molecular flexibility index (Phi) is 5.35. The third kappa shape index (κ3) is 4.05. The number of imidazole rings is 1. The standard InChI is InChI=1S/C14H15FN2O3S/c1-20-13(19)9-21-14-16-6-12(8-18)17(14)7-10-3-2-4-11(15)5-10/h2-6,18H,7-9H2,1H3. The number of nitrogens with zero attached hydrogens (tertiary/aromatic N) is 2. The number of aliphatic hydroxyl groups excluding tert-OH is 1. The van der Waals surface area contributed by atoms with Crippen molar-refractivity contribution in [2.75, 3.05) is 12.9 Å². The number of aromatic nitrogens is 2. The van der Waals surface area contributed by atoms with Crippen LogP contribution < -0.4 is 0 Å². The van der Waals surface area contributed by atoms with Crippen LogP contribution in [0.4, 0.5) is 4.39 Å². The molecule has 0 aliphatic carbocycles. The Hall–Kier alpha value is -1.86. The lowest BCUT2D eigenvalue weighted by Crippen LogP contribution is -2.08. The summed E-state index contributed by atoms with van der Waals surface area (Å²) >= 11 is 1.21. The minimum Gasteiger partial charge on any atom is -0.468 e. The molecule has 0 radical (unpaired) electrons. The van der Waals surface area contributed by atoms with Crippen LogP contribution >= 0.6 is 11.8 Å². The van der Waals surface area contributed by atoms with Crippen molar-refractivity contribution >= 4 is 17.7 Å².